The third kappa shape index (κ3) is 3.11. The maximum Gasteiger partial charge on any atom is 0.228 e. The largest absolute Gasteiger partial charge is 0.324 e. The first kappa shape index (κ1) is 12.7. The van der Waals surface area contributed by atoms with Crippen molar-refractivity contribution in [3.63, 3.8) is 0 Å². The first-order valence-electron chi connectivity index (χ1n) is 5.75. The molecule has 0 radical (unpaired) electrons. The number of anilines is 1. The SMILES string of the molecule is Cc1ccccc1CC(=O)Nc1ccccc1Cl. The molecule has 0 aromatic heterocycles. The molecule has 3 heteroatoms. The number of rotatable bonds is 3. The average Bonchev–Trinajstić information content (AvgIpc) is 2.35. The quantitative estimate of drug-likeness (QED) is 0.892. The van der Waals surface area contributed by atoms with Crippen LogP contribution in [0.25, 0.3) is 0 Å². The molecule has 0 saturated heterocycles. The van der Waals surface area contributed by atoms with Crippen LogP contribution < -0.4 is 5.32 Å². The van der Waals surface area contributed by atoms with Crippen molar-refractivity contribution in [2.24, 2.45) is 0 Å². The Labute approximate surface area is 112 Å². The first-order valence-corrected chi connectivity index (χ1v) is 6.13. The summed E-state index contributed by atoms with van der Waals surface area (Å²) < 4.78 is 0. The van der Waals surface area contributed by atoms with E-state index in [9.17, 15) is 4.79 Å². The average molecular weight is 260 g/mol. The normalized spacial score (nSPS) is 10.1. The maximum absolute atomic E-state index is 11.9. The molecule has 1 amide bonds. The number of nitrogens with one attached hydrogen (secondary N) is 1. The van der Waals surface area contributed by atoms with Gasteiger partial charge in [-0.2, -0.15) is 0 Å². The van der Waals surface area contributed by atoms with Crippen molar-refractivity contribution in [3.05, 3.63) is 64.7 Å². The summed E-state index contributed by atoms with van der Waals surface area (Å²) in [5, 5.41) is 3.37. The fourth-order valence-electron chi connectivity index (χ4n) is 1.74. The lowest BCUT2D eigenvalue weighted by molar-refractivity contribution is -0.115. The highest BCUT2D eigenvalue weighted by Crippen LogP contribution is 2.20. The Morgan fingerprint density at radius 2 is 1.78 bits per heavy atom. The molecule has 0 atom stereocenters. The second-order valence-corrected chi connectivity index (χ2v) is 4.54. The van der Waals surface area contributed by atoms with Crippen LogP contribution in [0.3, 0.4) is 0 Å². The van der Waals surface area contributed by atoms with Crippen LogP contribution in [-0.2, 0) is 11.2 Å². The standard InChI is InChI=1S/C15H14ClNO/c1-11-6-2-3-7-12(11)10-15(18)17-14-9-5-4-8-13(14)16/h2-9H,10H2,1H3,(H,17,18). The first-order chi connectivity index (χ1) is 8.66. The summed E-state index contributed by atoms with van der Waals surface area (Å²) in [5.41, 5.74) is 2.80. The summed E-state index contributed by atoms with van der Waals surface area (Å²) in [7, 11) is 0. The number of hydrogen-bond acceptors (Lipinski definition) is 1. The van der Waals surface area contributed by atoms with E-state index in [0.29, 0.717) is 17.1 Å². The molecule has 2 aromatic rings. The molecule has 0 aliphatic carbocycles. The third-order valence-electron chi connectivity index (χ3n) is 2.76. The summed E-state index contributed by atoms with van der Waals surface area (Å²) in [6.45, 7) is 2.00. The molecule has 0 heterocycles. The fourth-order valence-corrected chi connectivity index (χ4v) is 1.92. The van der Waals surface area contributed by atoms with Crippen molar-refractivity contribution >= 4 is 23.2 Å². The van der Waals surface area contributed by atoms with Crippen molar-refractivity contribution in [3.8, 4) is 0 Å². The number of carbonyl (C=O) groups excluding carboxylic acids is 1. The van der Waals surface area contributed by atoms with Gasteiger partial charge in [0.05, 0.1) is 17.1 Å². The Hall–Kier alpha value is -1.80. The van der Waals surface area contributed by atoms with E-state index in [1.807, 2.05) is 43.3 Å². The Kier molecular flexibility index (Phi) is 4.00. The van der Waals surface area contributed by atoms with Crippen molar-refractivity contribution in [2.45, 2.75) is 13.3 Å². The topological polar surface area (TPSA) is 29.1 Å². The lowest BCUT2D eigenvalue weighted by Crippen LogP contribution is -2.15. The molecule has 0 saturated carbocycles. The number of carbonyl (C=O) groups is 1. The zero-order chi connectivity index (χ0) is 13.0. The van der Waals surface area contributed by atoms with Crippen molar-refractivity contribution in [1.82, 2.24) is 0 Å². The molecule has 2 aromatic carbocycles. The summed E-state index contributed by atoms with van der Waals surface area (Å²) in [5.74, 6) is -0.0580. The molecule has 0 aliphatic rings. The summed E-state index contributed by atoms with van der Waals surface area (Å²) >= 11 is 5.99. The molecule has 2 nitrogen and oxygen atoms in total. The molecule has 0 aliphatic heterocycles. The van der Waals surface area contributed by atoms with Crippen molar-refractivity contribution in [1.29, 1.82) is 0 Å². The van der Waals surface area contributed by atoms with Crippen LogP contribution in [0.2, 0.25) is 5.02 Å². The van der Waals surface area contributed by atoms with E-state index in [4.69, 9.17) is 11.6 Å². The number of hydrogen-bond donors (Lipinski definition) is 1. The second-order valence-electron chi connectivity index (χ2n) is 4.13. The Morgan fingerprint density at radius 1 is 1.11 bits per heavy atom. The van der Waals surface area contributed by atoms with Gasteiger partial charge in [0, 0.05) is 0 Å². The minimum atomic E-state index is -0.0580. The zero-order valence-corrected chi connectivity index (χ0v) is 10.9. The lowest BCUT2D eigenvalue weighted by Gasteiger charge is -2.08. The van der Waals surface area contributed by atoms with Gasteiger partial charge in [0.1, 0.15) is 0 Å². The number of amides is 1. The van der Waals surface area contributed by atoms with Gasteiger partial charge in [-0.3, -0.25) is 4.79 Å². The van der Waals surface area contributed by atoms with Crippen molar-refractivity contribution in [2.75, 3.05) is 5.32 Å². The van der Waals surface area contributed by atoms with Gasteiger partial charge in [0.25, 0.3) is 0 Å². The van der Waals surface area contributed by atoms with Gasteiger partial charge in [0.15, 0.2) is 0 Å². The molecule has 2 rings (SSSR count). The number of para-hydroxylation sites is 1. The van der Waals surface area contributed by atoms with Crippen LogP contribution in [-0.4, -0.2) is 5.91 Å². The van der Waals surface area contributed by atoms with E-state index < -0.39 is 0 Å². The zero-order valence-electron chi connectivity index (χ0n) is 10.1. The molecule has 92 valence electrons. The highest BCUT2D eigenvalue weighted by Gasteiger charge is 2.07. The van der Waals surface area contributed by atoms with E-state index >= 15 is 0 Å². The van der Waals surface area contributed by atoms with Gasteiger partial charge in [-0.05, 0) is 30.2 Å². The molecule has 0 unspecified atom stereocenters. The van der Waals surface area contributed by atoms with Crippen LogP contribution >= 0.6 is 11.6 Å². The van der Waals surface area contributed by atoms with Crippen molar-refractivity contribution < 1.29 is 4.79 Å². The molecular formula is C15H14ClNO. The number of aryl methyl sites for hydroxylation is 1. The predicted octanol–water partition coefficient (Wildman–Crippen LogP) is 3.83. The predicted molar refractivity (Wildman–Crippen MR) is 75.0 cm³/mol. The Bertz CT molecular complexity index is 516. The third-order valence-corrected chi connectivity index (χ3v) is 3.09. The highest BCUT2D eigenvalue weighted by atomic mass is 35.5. The Balaban J connectivity index is 2.06. The smallest absolute Gasteiger partial charge is 0.228 e. The molecule has 18 heavy (non-hydrogen) atoms. The van der Waals surface area contributed by atoms with E-state index in [0.717, 1.165) is 11.1 Å². The summed E-state index contributed by atoms with van der Waals surface area (Å²) in [6, 6.07) is 15.1. The van der Waals surface area contributed by atoms with Crippen LogP contribution in [0.4, 0.5) is 5.69 Å². The minimum Gasteiger partial charge on any atom is -0.324 e. The van der Waals surface area contributed by atoms with Crippen LogP contribution in [0, 0.1) is 6.92 Å². The van der Waals surface area contributed by atoms with Crippen LogP contribution in [0.5, 0.6) is 0 Å². The van der Waals surface area contributed by atoms with Crippen LogP contribution in [0.1, 0.15) is 11.1 Å². The molecule has 0 fully saturated rings. The monoisotopic (exact) mass is 259 g/mol. The second kappa shape index (κ2) is 5.69. The van der Waals surface area contributed by atoms with Gasteiger partial charge in [-0.1, -0.05) is 48.0 Å². The van der Waals surface area contributed by atoms with E-state index in [2.05, 4.69) is 5.32 Å². The number of benzene rings is 2. The van der Waals surface area contributed by atoms with Gasteiger partial charge >= 0.3 is 0 Å². The summed E-state index contributed by atoms with van der Waals surface area (Å²) in [4.78, 5) is 11.9. The fraction of sp³-hybridized carbons (Fsp3) is 0.133. The number of halogens is 1. The summed E-state index contributed by atoms with van der Waals surface area (Å²) in [6.07, 6.45) is 0.359. The molecule has 0 bridgehead atoms. The van der Waals surface area contributed by atoms with E-state index in [1.165, 1.54) is 0 Å². The minimum absolute atomic E-state index is 0.0580. The van der Waals surface area contributed by atoms with E-state index in [-0.39, 0.29) is 5.91 Å². The van der Waals surface area contributed by atoms with Gasteiger partial charge < -0.3 is 5.32 Å². The Morgan fingerprint density at radius 3 is 2.50 bits per heavy atom. The van der Waals surface area contributed by atoms with Gasteiger partial charge in [-0.15, -0.1) is 0 Å². The highest BCUT2D eigenvalue weighted by molar-refractivity contribution is 6.33. The molecule has 0 spiro atoms. The lowest BCUT2D eigenvalue weighted by atomic mass is 10.1. The van der Waals surface area contributed by atoms with Gasteiger partial charge in [0.2, 0.25) is 5.91 Å². The molecular weight excluding hydrogens is 246 g/mol. The van der Waals surface area contributed by atoms with Gasteiger partial charge in [-0.25, -0.2) is 0 Å². The maximum atomic E-state index is 11.9. The van der Waals surface area contributed by atoms with E-state index in [1.54, 1.807) is 12.1 Å². The van der Waals surface area contributed by atoms with Crippen LogP contribution in [0.15, 0.2) is 48.5 Å². The molecule has 1 N–H and O–H groups in total.